The van der Waals surface area contributed by atoms with E-state index in [2.05, 4.69) is 10.2 Å². The molecule has 30 heavy (non-hydrogen) atoms. The first kappa shape index (κ1) is 19.6. The first-order valence-electron chi connectivity index (χ1n) is 8.90. The highest BCUT2D eigenvalue weighted by Crippen LogP contribution is 2.41. The van der Waals surface area contributed by atoms with Gasteiger partial charge in [0.05, 0.1) is 35.9 Å². The molecule has 0 fully saturated rings. The molecule has 1 aliphatic rings. The fraction of sp³-hybridized carbons (Fsp3) is 0.211. The summed E-state index contributed by atoms with van der Waals surface area (Å²) < 4.78 is 36.1. The van der Waals surface area contributed by atoms with E-state index in [0.29, 0.717) is 16.8 Å². The average Bonchev–Trinajstić information content (AvgIpc) is 3.44. The molecule has 156 valence electrons. The number of halogens is 2. The van der Waals surface area contributed by atoms with E-state index >= 15 is 0 Å². The molecule has 1 atom stereocenters. The highest BCUT2D eigenvalue weighted by atomic mass is 19.3. The third-order valence-corrected chi connectivity index (χ3v) is 4.64. The summed E-state index contributed by atoms with van der Waals surface area (Å²) in [6.45, 7) is -0.141. The van der Waals surface area contributed by atoms with Crippen molar-refractivity contribution in [2.24, 2.45) is 12.8 Å². The van der Waals surface area contributed by atoms with Crippen LogP contribution in [-0.4, -0.2) is 30.6 Å². The first-order chi connectivity index (χ1) is 14.4. The number of amides is 1. The molecule has 0 spiro atoms. The first-order valence-corrected chi connectivity index (χ1v) is 8.90. The van der Waals surface area contributed by atoms with E-state index in [1.54, 1.807) is 37.5 Å². The summed E-state index contributed by atoms with van der Waals surface area (Å²) in [7, 11) is 1.70. The lowest BCUT2D eigenvalue weighted by molar-refractivity contribution is -0.114. The molecule has 3 N–H and O–H groups in total. The molecule has 11 heteroatoms. The predicted octanol–water partition coefficient (Wildman–Crippen LogP) is 1.90. The molecule has 0 saturated carbocycles. The Balaban J connectivity index is 1.81. The van der Waals surface area contributed by atoms with Gasteiger partial charge in [-0.2, -0.15) is 10.2 Å². The van der Waals surface area contributed by atoms with Gasteiger partial charge in [0.1, 0.15) is 12.0 Å². The second-order valence-electron chi connectivity index (χ2n) is 6.64. The maximum absolute atomic E-state index is 13.9. The number of aromatic nitrogens is 4. The number of primary amides is 1. The summed E-state index contributed by atoms with van der Waals surface area (Å²) in [5.41, 5.74) is 6.54. The molecule has 1 unspecified atom stereocenters. The number of nitrogens with zero attached hydrogens (tertiary/aromatic N) is 5. The SMILES string of the molecule is Cn1cc(C2OC=C(C(N)=O)N2c2cn(-c3ccc(CO)cc3)nc2C(F)F)cn1. The van der Waals surface area contributed by atoms with Gasteiger partial charge in [0.25, 0.3) is 12.3 Å². The Morgan fingerprint density at radius 1 is 1.30 bits per heavy atom. The van der Waals surface area contributed by atoms with Crippen LogP contribution in [0.1, 0.15) is 29.5 Å². The molecule has 0 saturated heterocycles. The van der Waals surface area contributed by atoms with Crippen molar-refractivity contribution < 1.29 is 23.4 Å². The van der Waals surface area contributed by atoms with Crippen molar-refractivity contribution in [2.75, 3.05) is 4.90 Å². The molecule has 1 aromatic carbocycles. The summed E-state index contributed by atoms with van der Waals surface area (Å²) in [5.74, 6) is -0.832. The monoisotopic (exact) mass is 416 g/mol. The number of ether oxygens (including phenoxy) is 1. The minimum atomic E-state index is -2.91. The fourth-order valence-electron chi connectivity index (χ4n) is 3.21. The lowest BCUT2D eigenvalue weighted by Gasteiger charge is -2.25. The molecular weight excluding hydrogens is 398 g/mol. The van der Waals surface area contributed by atoms with Gasteiger partial charge in [0, 0.05) is 13.2 Å². The van der Waals surface area contributed by atoms with Crippen LogP contribution in [0.3, 0.4) is 0 Å². The molecule has 4 rings (SSSR count). The van der Waals surface area contributed by atoms with Crippen molar-refractivity contribution in [1.82, 2.24) is 19.6 Å². The van der Waals surface area contributed by atoms with E-state index in [0.717, 1.165) is 6.26 Å². The average molecular weight is 416 g/mol. The Labute approximate surface area is 169 Å². The van der Waals surface area contributed by atoms with Gasteiger partial charge >= 0.3 is 0 Å². The molecule has 9 nitrogen and oxygen atoms in total. The summed E-state index contributed by atoms with van der Waals surface area (Å²) in [6, 6.07) is 6.60. The van der Waals surface area contributed by atoms with Gasteiger partial charge in [-0.1, -0.05) is 12.1 Å². The van der Waals surface area contributed by atoms with Crippen LogP contribution in [0, 0.1) is 0 Å². The third-order valence-electron chi connectivity index (χ3n) is 4.64. The smallest absolute Gasteiger partial charge is 0.284 e. The summed E-state index contributed by atoms with van der Waals surface area (Å²) in [6.07, 6.45) is 1.85. The molecule has 2 aromatic heterocycles. The zero-order chi connectivity index (χ0) is 21.4. The molecule has 3 aromatic rings. The number of nitrogens with two attached hydrogens (primary N) is 1. The van der Waals surface area contributed by atoms with Crippen LogP contribution in [0.5, 0.6) is 0 Å². The van der Waals surface area contributed by atoms with Crippen LogP contribution in [0.4, 0.5) is 14.5 Å². The minimum Gasteiger partial charge on any atom is -0.471 e. The number of aryl methyl sites for hydroxylation is 1. The van der Waals surface area contributed by atoms with Crippen LogP contribution in [0.25, 0.3) is 5.69 Å². The lowest BCUT2D eigenvalue weighted by Crippen LogP contribution is -2.31. The molecule has 3 heterocycles. The Hall–Kier alpha value is -3.73. The summed E-state index contributed by atoms with van der Waals surface area (Å²) in [5, 5.41) is 17.3. The lowest BCUT2D eigenvalue weighted by atomic mass is 10.2. The summed E-state index contributed by atoms with van der Waals surface area (Å²) >= 11 is 0. The van der Waals surface area contributed by atoms with Crippen LogP contribution in [0.15, 0.2) is 54.8 Å². The van der Waals surface area contributed by atoms with Gasteiger partial charge in [0.15, 0.2) is 5.69 Å². The van der Waals surface area contributed by atoms with Crippen molar-refractivity contribution >= 4 is 11.6 Å². The number of hydrogen-bond donors (Lipinski definition) is 2. The molecule has 1 amide bonds. The van der Waals surface area contributed by atoms with Gasteiger partial charge in [0.2, 0.25) is 6.23 Å². The third kappa shape index (κ3) is 3.39. The Kier molecular flexibility index (Phi) is 4.96. The maximum Gasteiger partial charge on any atom is 0.284 e. The van der Waals surface area contributed by atoms with Crippen LogP contribution in [0.2, 0.25) is 0 Å². The van der Waals surface area contributed by atoms with Gasteiger partial charge in [-0.05, 0) is 17.7 Å². The van der Waals surface area contributed by atoms with Crippen LogP contribution in [-0.2, 0) is 23.2 Å². The predicted molar refractivity (Wildman–Crippen MR) is 101 cm³/mol. The van der Waals surface area contributed by atoms with Gasteiger partial charge in [-0.3, -0.25) is 14.4 Å². The number of carbonyl (C=O) groups excluding carboxylic acids is 1. The largest absolute Gasteiger partial charge is 0.471 e. The highest BCUT2D eigenvalue weighted by Gasteiger charge is 2.38. The second-order valence-corrected chi connectivity index (χ2v) is 6.64. The standard InChI is InChI=1S/C19H18F2N6O3/c1-25-7-12(6-23-25)19-27(15(10-30-19)18(22)29)14-8-26(24-16(14)17(20)21)13-4-2-11(9-28)3-5-13/h2-8,10,17,19,28H,9H2,1H3,(H2,22,29). The number of aliphatic hydroxyl groups excluding tert-OH is 1. The second kappa shape index (κ2) is 7.59. The van der Waals surface area contributed by atoms with Crippen molar-refractivity contribution in [3.8, 4) is 5.69 Å². The fourth-order valence-corrected chi connectivity index (χ4v) is 3.21. The van der Waals surface area contributed by atoms with Crippen LogP contribution < -0.4 is 10.6 Å². The minimum absolute atomic E-state index is 0.0207. The van der Waals surface area contributed by atoms with Crippen molar-refractivity contribution in [3.05, 3.63) is 71.6 Å². The van der Waals surface area contributed by atoms with E-state index in [-0.39, 0.29) is 18.0 Å². The molecule has 0 bridgehead atoms. The summed E-state index contributed by atoms with van der Waals surface area (Å²) in [4.78, 5) is 13.3. The van der Waals surface area contributed by atoms with Crippen molar-refractivity contribution in [2.45, 2.75) is 19.3 Å². The zero-order valence-electron chi connectivity index (χ0n) is 15.8. The Morgan fingerprint density at radius 3 is 2.60 bits per heavy atom. The van der Waals surface area contributed by atoms with Crippen molar-refractivity contribution in [1.29, 1.82) is 0 Å². The van der Waals surface area contributed by atoms with E-state index in [1.807, 2.05) is 0 Å². The van der Waals surface area contributed by atoms with Gasteiger partial charge in [-0.25, -0.2) is 13.5 Å². The van der Waals surface area contributed by atoms with Gasteiger partial charge < -0.3 is 15.6 Å². The number of hydrogen-bond acceptors (Lipinski definition) is 6. The number of benzene rings is 1. The molecule has 1 aliphatic heterocycles. The van der Waals surface area contributed by atoms with E-state index in [1.165, 1.54) is 26.7 Å². The van der Waals surface area contributed by atoms with Crippen molar-refractivity contribution in [3.63, 3.8) is 0 Å². The normalized spacial score (nSPS) is 16.1. The van der Waals surface area contributed by atoms with E-state index in [9.17, 15) is 18.7 Å². The quantitative estimate of drug-likeness (QED) is 0.635. The van der Waals surface area contributed by atoms with Gasteiger partial charge in [-0.15, -0.1) is 0 Å². The number of anilines is 1. The Morgan fingerprint density at radius 2 is 2.03 bits per heavy atom. The van der Waals surface area contributed by atoms with E-state index < -0.39 is 24.3 Å². The number of alkyl halides is 2. The Bertz CT molecular complexity index is 1110. The topological polar surface area (TPSA) is 111 Å². The number of aliphatic hydroxyl groups is 1. The molecular formula is C19H18F2N6O3. The molecule has 0 radical (unpaired) electrons. The molecule has 0 aliphatic carbocycles. The maximum atomic E-state index is 13.9. The van der Waals surface area contributed by atoms with Crippen LogP contribution >= 0.6 is 0 Å². The number of carbonyl (C=O) groups is 1. The highest BCUT2D eigenvalue weighted by molar-refractivity contribution is 5.96. The number of rotatable bonds is 6. The van der Waals surface area contributed by atoms with E-state index in [4.69, 9.17) is 10.5 Å². The zero-order valence-corrected chi connectivity index (χ0v) is 15.8.